The normalized spacial score (nSPS) is 22.3. The van der Waals surface area contributed by atoms with Gasteiger partial charge in [0.25, 0.3) is 5.91 Å². The first-order valence-corrected chi connectivity index (χ1v) is 9.12. The molecule has 2 N–H and O–H groups in total. The van der Waals surface area contributed by atoms with Crippen molar-refractivity contribution in [3.8, 4) is 0 Å². The van der Waals surface area contributed by atoms with Crippen LogP contribution in [0.25, 0.3) is 0 Å². The topological polar surface area (TPSA) is 64.7 Å². The highest BCUT2D eigenvalue weighted by Crippen LogP contribution is 2.18. The molecule has 2 heterocycles. The van der Waals surface area contributed by atoms with Crippen molar-refractivity contribution in [2.24, 2.45) is 5.92 Å². The number of rotatable bonds is 4. The third kappa shape index (κ3) is 6.07. The number of nitrogens with one attached hydrogen (secondary N) is 2. The van der Waals surface area contributed by atoms with Crippen LogP contribution < -0.4 is 10.6 Å². The van der Waals surface area contributed by atoms with Gasteiger partial charge < -0.3 is 20.4 Å². The van der Waals surface area contributed by atoms with Gasteiger partial charge in [0.15, 0.2) is 0 Å². The number of piperidine rings is 1. The molecule has 6 nitrogen and oxygen atoms in total. The Labute approximate surface area is 173 Å². The highest BCUT2D eigenvalue weighted by atomic mass is 35.5. The molecule has 2 amide bonds. The molecule has 8 heteroatoms. The number of likely N-dealkylation sites (tertiary alicyclic amines) is 1. The molecule has 2 aliphatic heterocycles. The van der Waals surface area contributed by atoms with Gasteiger partial charge in [-0.15, -0.1) is 24.8 Å². The van der Waals surface area contributed by atoms with E-state index in [0.717, 1.165) is 51.1 Å². The third-order valence-electron chi connectivity index (χ3n) is 5.30. The maximum Gasteiger partial charge on any atom is 0.253 e. The minimum Gasteiger partial charge on any atom is -0.337 e. The van der Waals surface area contributed by atoms with Crippen molar-refractivity contribution in [3.63, 3.8) is 0 Å². The molecule has 2 unspecified atom stereocenters. The molecule has 2 aliphatic rings. The largest absolute Gasteiger partial charge is 0.337 e. The Bertz CT molecular complexity index is 621. The van der Waals surface area contributed by atoms with Crippen LogP contribution in [0.15, 0.2) is 24.3 Å². The van der Waals surface area contributed by atoms with Crippen molar-refractivity contribution in [2.75, 3.05) is 45.6 Å². The van der Waals surface area contributed by atoms with Gasteiger partial charge >= 0.3 is 0 Å². The van der Waals surface area contributed by atoms with Crippen LogP contribution >= 0.6 is 24.8 Å². The number of anilines is 1. The molecule has 0 saturated carbocycles. The molecule has 0 spiro atoms. The van der Waals surface area contributed by atoms with Crippen molar-refractivity contribution in [1.29, 1.82) is 0 Å². The van der Waals surface area contributed by atoms with E-state index in [4.69, 9.17) is 0 Å². The summed E-state index contributed by atoms with van der Waals surface area (Å²) in [6, 6.07) is 7.49. The molecule has 27 heavy (non-hydrogen) atoms. The molecular formula is C19H30Cl2N4O2. The molecular weight excluding hydrogens is 387 g/mol. The average molecular weight is 417 g/mol. The second-order valence-electron chi connectivity index (χ2n) is 7.23. The summed E-state index contributed by atoms with van der Waals surface area (Å²) in [5, 5.41) is 6.13. The van der Waals surface area contributed by atoms with Crippen LogP contribution in [0, 0.1) is 5.92 Å². The molecule has 152 valence electrons. The van der Waals surface area contributed by atoms with E-state index in [1.807, 2.05) is 24.1 Å². The van der Waals surface area contributed by atoms with Gasteiger partial charge in [-0.05, 0) is 63.7 Å². The Kier molecular flexibility index (Phi) is 9.53. The lowest BCUT2D eigenvalue weighted by molar-refractivity contribution is -0.119. The first-order valence-electron chi connectivity index (χ1n) is 9.12. The van der Waals surface area contributed by atoms with Crippen LogP contribution in [0.2, 0.25) is 0 Å². The Morgan fingerprint density at radius 3 is 2.48 bits per heavy atom. The summed E-state index contributed by atoms with van der Waals surface area (Å²) in [5.74, 6) is 0.125. The van der Waals surface area contributed by atoms with E-state index in [9.17, 15) is 9.59 Å². The number of halogens is 2. The molecule has 2 atom stereocenters. The van der Waals surface area contributed by atoms with E-state index in [1.165, 1.54) is 0 Å². The van der Waals surface area contributed by atoms with Crippen LogP contribution in [0.3, 0.4) is 0 Å². The standard InChI is InChI=1S/C19H28N4O2.2ClH/c1-22-11-3-4-17(13-22)23(2)19(25)14-5-7-16(8-6-14)21-18(24)15-9-10-20-12-15;;/h5-8,15,17,20H,3-4,9-13H2,1-2H3,(H,21,24);2*1H. The lowest BCUT2D eigenvalue weighted by Gasteiger charge is -2.35. The number of carbonyl (C=O) groups excluding carboxylic acids is 2. The smallest absolute Gasteiger partial charge is 0.253 e. The average Bonchev–Trinajstić information content (AvgIpc) is 3.16. The summed E-state index contributed by atoms with van der Waals surface area (Å²) in [7, 11) is 3.98. The van der Waals surface area contributed by atoms with Crippen LogP contribution in [-0.4, -0.2) is 67.9 Å². The summed E-state index contributed by atoms with van der Waals surface area (Å²) in [4.78, 5) is 29.0. The van der Waals surface area contributed by atoms with E-state index < -0.39 is 0 Å². The molecule has 0 aliphatic carbocycles. The predicted molar refractivity (Wildman–Crippen MR) is 113 cm³/mol. The molecule has 2 saturated heterocycles. The summed E-state index contributed by atoms with van der Waals surface area (Å²) >= 11 is 0. The van der Waals surface area contributed by atoms with Crippen molar-refractivity contribution < 1.29 is 9.59 Å². The first-order chi connectivity index (χ1) is 12.0. The van der Waals surface area contributed by atoms with E-state index in [0.29, 0.717) is 5.56 Å². The summed E-state index contributed by atoms with van der Waals surface area (Å²) < 4.78 is 0. The Balaban J connectivity index is 0.00000182. The molecule has 3 rings (SSSR count). The zero-order valence-corrected chi connectivity index (χ0v) is 17.6. The van der Waals surface area contributed by atoms with Gasteiger partial charge in [0, 0.05) is 37.4 Å². The van der Waals surface area contributed by atoms with E-state index in [1.54, 1.807) is 12.1 Å². The maximum atomic E-state index is 12.7. The Morgan fingerprint density at radius 1 is 1.19 bits per heavy atom. The van der Waals surface area contributed by atoms with Crippen molar-refractivity contribution in [1.82, 2.24) is 15.1 Å². The van der Waals surface area contributed by atoms with Crippen molar-refractivity contribution in [2.45, 2.75) is 25.3 Å². The molecule has 0 bridgehead atoms. The number of benzene rings is 1. The number of carbonyl (C=O) groups is 2. The van der Waals surface area contributed by atoms with Crippen LogP contribution in [-0.2, 0) is 4.79 Å². The SMILES string of the molecule is CN1CCCC(N(C)C(=O)c2ccc(NC(=O)C3CCNC3)cc2)C1.Cl.Cl. The predicted octanol–water partition coefficient (Wildman–Crippen LogP) is 2.24. The number of nitrogens with zero attached hydrogens (tertiary/aromatic N) is 2. The van der Waals surface area contributed by atoms with Gasteiger partial charge in [0.1, 0.15) is 0 Å². The summed E-state index contributed by atoms with van der Waals surface area (Å²) in [5.41, 5.74) is 1.41. The van der Waals surface area contributed by atoms with Gasteiger partial charge in [-0.3, -0.25) is 9.59 Å². The highest BCUT2D eigenvalue weighted by Gasteiger charge is 2.25. The summed E-state index contributed by atoms with van der Waals surface area (Å²) in [6.45, 7) is 3.66. The van der Waals surface area contributed by atoms with E-state index in [2.05, 4.69) is 22.6 Å². The molecule has 0 aromatic heterocycles. The monoisotopic (exact) mass is 416 g/mol. The second-order valence-corrected chi connectivity index (χ2v) is 7.23. The number of hydrogen-bond acceptors (Lipinski definition) is 4. The van der Waals surface area contributed by atoms with Crippen LogP contribution in [0.5, 0.6) is 0 Å². The zero-order chi connectivity index (χ0) is 17.8. The third-order valence-corrected chi connectivity index (χ3v) is 5.30. The highest BCUT2D eigenvalue weighted by molar-refractivity contribution is 5.96. The number of hydrogen-bond donors (Lipinski definition) is 2. The van der Waals surface area contributed by atoms with Crippen molar-refractivity contribution in [3.05, 3.63) is 29.8 Å². The second kappa shape index (κ2) is 10.9. The van der Waals surface area contributed by atoms with E-state index >= 15 is 0 Å². The summed E-state index contributed by atoms with van der Waals surface area (Å²) in [6.07, 6.45) is 3.05. The Morgan fingerprint density at radius 2 is 1.89 bits per heavy atom. The fraction of sp³-hybridized carbons (Fsp3) is 0.579. The van der Waals surface area contributed by atoms with Gasteiger partial charge in [0.2, 0.25) is 5.91 Å². The van der Waals surface area contributed by atoms with Gasteiger partial charge in [-0.1, -0.05) is 0 Å². The Hall–Kier alpha value is -1.34. The minimum absolute atomic E-state index is 0. The minimum atomic E-state index is 0. The molecule has 1 aromatic carbocycles. The van der Waals surface area contributed by atoms with Crippen LogP contribution in [0.1, 0.15) is 29.6 Å². The molecule has 0 radical (unpaired) electrons. The fourth-order valence-corrected chi connectivity index (χ4v) is 3.64. The quantitative estimate of drug-likeness (QED) is 0.789. The first kappa shape index (κ1) is 23.7. The fourth-order valence-electron chi connectivity index (χ4n) is 3.64. The lowest BCUT2D eigenvalue weighted by Crippen LogP contribution is -2.47. The zero-order valence-electron chi connectivity index (χ0n) is 15.9. The van der Waals surface area contributed by atoms with E-state index in [-0.39, 0.29) is 48.6 Å². The maximum absolute atomic E-state index is 12.7. The number of amides is 2. The van der Waals surface area contributed by atoms with Gasteiger partial charge in [0.05, 0.1) is 5.92 Å². The molecule has 2 fully saturated rings. The van der Waals surface area contributed by atoms with Gasteiger partial charge in [-0.2, -0.15) is 0 Å². The lowest BCUT2D eigenvalue weighted by atomic mass is 10.0. The van der Waals surface area contributed by atoms with Crippen molar-refractivity contribution >= 4 is 42.3 Å². The van der Waals surface area contributed by atoms with Gasteiger partial charge in [-0.25, -0.2) is 0 Å². The van der Waals surface area contributed by atoms with Crippen LogP contribution in [0.4, 0.5) is 5.69 Å². The molecule has 1 aromatic rings. The number of likely N-dealkylation sites (N-methyl/N-ethyl adjacent to an activating group) is 2.